The molecule has 0 saturated heterocycles. The molecule has 0 aliphatic rings. The van der Waals surface area contributed by atoms with Gasteiger partial charge in [-0.2, -0.15) is 26.3 Å². The van der Waals surface area contributed by atoms with E-state index < -0.39 is 47.4 Å². The first-order valence-electron chi connectivity index (χ1n) is 8.64. The number of hydrogen-bond acceptors (Lipinski definition) is 4. The predicted octanol–water partition coefficient (Wildman–Crippen LogP) is 1.64. The van der Waals surface area contributed by atoms with Crippen LogP contribution in [0.2, 0.25) is 0 Å². The van der Waals surface area contributed by atoms with E-state index in [0.717, 1.165) is 6.54 Å². The van der Waals surface area contributed by atoms with Gasteiger partial charge in [0, 0.05) is 0 Å². The zero-order valence-corrected chi connectivity index (χ0v) is 18.6. The predicted molar refractivity (Wildman–Crippen MR) is 93.7 cm³/mol. The quantitative estimate of drug-likeness (QED) is 0.462. The summed E-state index contributed by atoms with van der Waals surface area (Å²) in [6.07, 6.45) is 6.23. The molecule has 0 atom stereocenters. The summed E-state index contributed by atoms with van der Waals surface area (Å²) in [4.78, 5) is 0. The van der Waals surface area contributed by atoms with E-state index in [2.05, 4.69) is 24.0 Å². The number of hydrogen-bond donors (Lipinski definition) is 0. The highest BCUT2D eigenvalue weighted by molar-refractivity contribution is 7.92. The highest BCUT2D eigenvalue weighted by Crippen LogP contribution is 2.34. The summed E-state index contributed by atoms with van der Waals surface area (Å²) in [6, 6.07) is 0. The molecule has 8 nitrogen and oxygen atoms in total. The average Bonchev–Trinajstić information content (AvgIpc) is 3.17. The largest absolute Gasteiger partial charge is 0.509 e. The van der Waals surface area contributed by atoms with Gasteiger partial charge in [0.05, 0.1) is 27.2 Å². The summed E-state index contributed by atoms with van der Waals surface area (Å²) in [7, 11) is -9.35. The van der Waals surface area contributed by atoms with Crippen molar-refractivity contribution in [1.29, 1.82) is 0 Å². The third-order valence-corrected chi connectivity index (χ3v) is 6.95. The van der Waals surface area contributed by atoms with E-state index in [9.17, 15) is 43.2 Å². The van der Waals surface area contributed by atoms with Crippen LogP contribution in [0.4, 0.5) is 26.3 Å². The van der Waals surface area contributed by atoms with E-state index in [-0.39, 0.29) is 21.8 Å². The second-order valence-electron chi connectivity index (χ2n) is 6.32. The maximum Gasteiger partial charge on any atom is 0.509 e. The minimum absolute atomic E-state index is 0.00829. The lowest BCUT2D eigenvalue weighted by Gasteiger charge is -2.09. The Morgan fingerprint density at radius 1 is 0.935 bits per heavy atom. The number of imidazole rings is 2. The topological polar surface area (TPSA) is 85.9 Å². The molecule has 0 saturated carbocycles. The summed E-state index contributed by atoms with van der Waals surface area (Å²) in [5.41, 5.74) is -11.6. The SMILES string of the molecule is CCCn1c(S(=O)(=O)C(F)(F)F)c[n+](C)c1S(=O)(=O)C(F)(F)F.CCn1cc[n+](C)c1. The van der Waals surface area contributed by atoms with Gasteiger partial charge in [0.1, 0.15) is 12.4 Å². The van der Waals surface area contributed by atoms with E-state index in [1.54, 1.807) is 0 Å². The van der Waals surface area contributed by atoms with E-state index in [1.165, 1.54) is 6.92 Å². The number of nitrogens with zero attached hydrogens (tertiary/aromatic N) is 4. The molecule has 0 aromatic carbocycles. The second kappa shape index (κ2) is 9.18. The molecule has 0 bridgehead atoms. The fourth-order valence-corrected chi connectivity index (χ4v) is 4.64. The summed E-state index contributed by atoms with van der Waals surface area (Å²) in [5, 5.41) is -3.16. The van der Waals surface area contributed by atoms with Gasteiger partial charge in [-0.1, -0.05) is 6.92 Å². The van der Waals surface area contributed by atoms with Crippen LogP contribution in [0.15, 0.2) is 35.1 Å². The number of halogens is 6. The van der Waals surface area contributed by atoms with Gasteiger partial charge in [-0.25, -0.2) is 35.1 Å². The van der Waals surface area contributed by atoms with Crippen LogP contribution in [-0.4, -0.2) is 37.0 Å². The number of aryl methyl sites for hydroxylation is 3. The van der Waals surface area contributed by atoms with Crippen molar-refractivity contribution in [3.63, 3.8) is 0 Å². The van der Waals surface area contributed by atoms with Gasteiger partial charge in [-0.05, 0) is 13.3 Å². The van der Waals surface area contributed by atoms with Crippen LogP contribution in [0, 0.1) is 0 Å². The first kappa shape index (κ1) is 26.9. The normalized spacial score (nSPS) is 13.1. The fourth-order valence-electron chi connectivity index (χ4n) is 2.46. The summed E-state index contributed by atoms with van der Waals surface area (Å²) < 4.78 is 126. The molecule has 2 aromatic heterocycles. The zero-order chi connectivity index (χ0) is 24.4. The maximum absolute atomic E-state index is 12.7. The number of aromatic nitrogens is 4. The second-order valence-corrected chi connectivity index (χ2v) is 10.0. The molecule has 0 spiro atoms. The van der Waals surface area contributed by atoms with Gasteiger partial charge in [0.15, 0.2) is 6.20 Å². The van der Waals surface area contributed by atoms with Gasteiger partial charge in [0.25, 0.3) is 5.03 Å². The molecule has 0 amide bonds. The van der Waals surface area contributed by atoms with Crippen LogP contribution in [-0.2, 0) is 46.9 Å². The molecule has 0 radical (unpaired) electrons. The maximum atomic E-state index is 12.7. The van der Waals surface area contributed by atoms with E-state index in [1.807, 2.05) is 17.8 Å². The van der Waals surface area contributed by atoms with Crippen molar-refractivity contribution in [3.05, 3.63) is 24.9 Å². The van der Waals surface area contributed by atoms with Crippen LogP contribution in [0.25, 0.3) is 0 Å². The van der Waals surface area contributed by atoms with Gasteiger partial charge >= 0.3 is 35.8 Å². The van der Waals surface area contributed by atoms with Crippen LogP contribution >= 0.6 is 0 Å². The van der Waals surface area contributed by atoms with Gasteiger partial charge in [-0.3, -0.25) is 0 Å². The third-order valence-electron chi connectivity index (χ3n) is 3.86. The molecule has 2 aromatic rings. The lowest BCUT2D eigenvalue weighted by atomic mass is 10.5. The van der Waals surface area contributed by atoms with Crippen molar-refractivity contribution < 1.29 is 52.3 Å². The van der Waals surface area contributed by atoms with Crippen molar-refractivity contribution in [2.24, 2.45) is 14.1 Å². The highest BCUT2D eigenvalue weighted by atomic mass is 32.2. The first-order chi connectivity index (χ1) is 13.9. The minimum atomic E-state index is -6.05. The Bertz CT molecular complexity index is 1120. The van der Waals surface area contributed by atoms with Crippen LogP contribution in [0.1, 0.15) is 20.3 Å². The molecule has 0 fully saturated rings. The molecular formula is C15H22F6N4O4S2+2. The Labute approximate surface area is 175 Å². The Hall–Kier alpha value is -2.10. The number of sulfone groups is 2. The molecular weight excluding hydrogens is 478 g/mol. The fraction of sp³-hybridized carbons (Fsp3) is 0.600. The molecule has 16 heteroatoms. The zero-order valence-electron chi connectivity index (χ0n) is 16.9. The summed E-state index contributed by atoms with van der Waals surface area (Å²) in [6.45, 7) is 3.84. The standard InChI is InChI=1S/C9H11F6N2O4S2.C6H11N2/c1-3-4-17-6(22(18,19)8(10,11)12)5-16(2)7(17)23(20,21)9(13,14)15;1-3-8-5-4-7(2)6-8/h5H,3-4H2,1-2H3;4-6H,3H2,1-2H3/q2*+1. The molecule has 2 rings (SSSR count). The third kappa shape index (κ3) is 5.58. The molecule has 0 unspecified atom stereocenters. The van der Waals surface area contributed by atoms with Crippen molar-refractivity contribution in [3.8, 4) is 0 Å². The van der Waals surface area contributed by atoms with Crippen molar-refractivity contribution in [1.82, 2.24) is 9.13 Å². The first-order valence-corrected chi connectivity index (χ1v) is 11.6. The molecule has 31 heavy (non-hydrogen) atoms. The molecule has 0 aliphatic heterocycles. The van der Waals surface area contributed by atoms with Crippen LogP contribution < -0.4 is 9.13 Å². The van der Waals surface area contributed by atoms with Crippen molar-refractivity contribution in [2.75, 3.05) is 0 Å². The molecule has 0 aliphatic carbocycles. The van der Waals surface area contributed by atoms with Gasteiger partial charge in [-0.15, -0.1) is 0 Å². The number of alkyl halides is 6. The lowest BCUT2D eigenvalue weighted by molar-refractivity contribution is -0.711. The molecule has 178 valence electrons. The summed E-state index contributed by atoms with van der Waals surface area (Å²) in [5.74, 6) is 0. The Kier molecular flexibility index (Phi) is 7.97. The van der Waals surface area contributed by atoms with Crippen molar-refractivity contribution >= 4 is 19.7 Å². The van der Waals surface area contributed by atoms with E-state index in [0.29, 0.717) is 7.05 Å². The highest BCUT2D eigenvalue weighted by Gasteiger charge is 2.58. The minimum Gasteiger partial charge on any atom is -0.240 e. The molecule has 2 heterocycles. The molecule has 0 N–H and O–H groups in total. The van der Waals surface area contributed by atoms with E-state index in [4.69, 9.17) is 0 Å². The van der Waals surface area contributed by atoms with E-state index >= 15 is 0 Å². The van der Waals surface area contributed by atoms with Gasteiger partial charge in [0.2, 0.25) is 6.33 Å². The number of rotatable bonds is 5. The van der Waals surface area contributed by atoms with Crippen LogP contribution in [0.3, 0.4) is 0 Å². The smallest absolute Gasteiger partial charge is 0.240 e. The Morgan fingerprint density at radius 2 is 1.45 bits per heavy atom. The Morgan fingerprint density at radius 3 is 1.77 bits per heavy atom. The van der Waals surface area contributed by atoms with Crippen LogP contribution in [0.5, 0.6) is 0 Å². The lowest BCUT2D eigenvalue weighted by Crippen LogP contribution is -2.39. The Balaban J connectivity index is 0.000000500. The monoisotopic (exact) mass is 500 g/mol. The average molecular weight is 500 g/mol. The van der Waals surface area contributed by atoms with Crippen molar-refractivity contribution in [2.45, 2.75) is 54.6 Å². The van der Waals surface area contributed by atoms with Gasteiger partial charge < -0.3 is 0 Å². The summed E-state index contributed by atoms with van der Waals surface area (Å²) >= 11 is 0.